The van der Waals surface area contributed by atoms with E-state index in [0.29, 0.717) is 16.7 Å². The van der Waals surface area contributed by atoms with Crippen molar-refractivity contribution in [3.63, 3.8) is 0 Å². The molecule has 1 heterocycles. The molecule has 3 rings (SSSR count). The van der Waals surface area contributed by atoms with Crippen LogP contribution in [0.15, 0.2) is 47.5 Å². The van der Waals surface area contributed by atoms with Crippen molar-refractivity contribution < 1.29 is 4.74 Å². The molecule has 0 saturated heterocycles. The van der Waals surface area contributed by atoms with E-state index in [1.165, 1.54) is 6.40 Å². The summed E-state index contributed by atoms with van der Waals surface area (Å²) in [4.78, 5) is 6.54. The van der Waals surface area contributed by atoms with Gasteiger partial charge in [0.1, 0.15) is 12.6 Å². The molecule has 0 aromatic heterocycles. The van der Waals surface area contributed by atoms with Crippen molar-refractivity contribution >= 4 is 46.9 Å². The third-order valence-electron chi connectivity index (χ3n) is 3.62. The predicted molar refractivity (Wildman–Crippen MR) is 97.2 cm³/mol. The van der Waals surface area contributed by atoms with Gasteiger partial charge in [0.2, 0.25) is 0 Å². The highest BCUT2D eigenvalue weighted by Crippen LogP contribution is 2.28. The summed E-state index contributed by atoms with van der Waals surface area (Å²) in [7, 11) is 0. The highest BCUT2D eigenvalue weighted by molar-refractivity contribution is 6.42. The number of halogens is 3. The van der Waals surface area contributed by atoms with Gasteiger partial charge in [-0.2, -0.15) is 0 Å². The second-order valence-corrected chi connectivity index (χ2v) is 6.60. The van der Waals surface area contributed by atoms with Gasteiger partial charge in [0.25, 0.3) is 0 Å². The average molecular weight is 370 g/mol. The van der Waals surface area contributed by atoms with Gasteiger partial charge in [-0.1, -0.05) is 46.9 Å². The summed E-state index contributed by atoms with van der Waals surface area (Å²) < 4.78 is 5.22. The summed E-state index contributed by atoms with van der Waals surface area (Å²) in [5.74, 6) is 0. The van der Waals surface area contributed by atoms with E-state index >= 15 is 0 Å². The zero-order valence-corrected chi connectivity index (χ0v) is 14.5. The highest BCUT2D eigenvalue weighted by atomic mass is 35.5. The van der Waals surface area contributed by atoms with Crippen LogP contribution in [0.1, 0.15) is 5.56 Å². The van der Waals surface area contributed by atoms with E-state index in [4.69, 9.17) is 39.5 Å². The van der Waals surface area contributed by atoms with Crippen molar-refractivity contribution in [3.05, 3.63) is 63.1 Å². The van der Waals surface area contributed by atoms with E-state index in [1.54, 1.807) is 0 Å². The molecule has 2 aromatic carbocycles. The molecule has 0 spiro atoms. The molecule has 1 aliphatic heterocycles. The quantitative estimate of drug-likeness (QED) is 0.734. The molecule has 1 atom stereocenters. The van der Waals surface area contributed by atoms with Crippen LogP contribution in [0.25, 0.3) is 0 Å². The topological polar surface area (TPSA) is 24.8 Å². The maximum Gasteiger partial charge on any atom is 0.169 e. The zero-order valence-electron chi connectivity index (χ0n) is 12.3. The first-order valence-electron chi connectivity index (χ1n) is 7.19. The van der Waals surface area contributed by atoms with E-state index in [1.807, 2.05) is 42.5 Å². The fourth-order valence-electron chi connectivity index (χ4n) is 2.43. The molecule has 0 unspecified atom stereocenters. The first kappa shape index (κ1) is 16.4. The minimum Gasteiger partial charge on any atom is -0.481 e. The first-order chi connectivity index (χ1) is 11.1. The van der Waals surface area contributed by atoms with Gasteiger partial charge in [-0.05, 0) is 35.9 Å². The Bertz CT molecular complexity index is 703. The molecule has 0 saturated carbocycles. The van der Waals surface area contributed by atoms with Crippen LogP contribution in [0.5, 0.6) is 0 Å². The molecule has 0 radical (unpaired) electrons. The molecule has 1 aliphatic rings. The standard InChI is InChI=1S/C17H15Cl3N2O/c18-13-3-1-12(2-4-13)8-22(9-14-10-23-11-21-14)15-5-6-16(19)17(20)7-15/h1-7,11,14H,8-10H2/t14-/m1/s1. The molecule has 0 bridgehead atoms. The van der Waals surface area contributed by atoms with Crippen LogP contribution in [-0.2, 0) is 11.3 Å². The number of benzene rings is 2. The van der Waals surface area contributed by atoms with Crippen LogP contribution < -0.4 is 4.90 Å². The zero-order chi connectivity index (χ0) is 16.2. The van der Waals surface area contributed by atoms with Gasteiger partial charge in [0, 0.05) is 23.8 Å². The summed E-state index contributed by atoms with van der Waals surface area (Å²) in [6, 6.07) is 13.6. The summed E-state index contributed by atoms with van der Waals surface area (Å²) in [6.07, 6.45) is 1.51. The fourth-order valence-corrected chi connectivity index (χ4v) is 2.85. The van der Waals surface area contributed by atoms with E-state index in [9.17, 15) is 0 Å². The third-order valence-corrected chi connectivity index (χ3v) is 4.61. The lowest BCUT2D eigenvalue weighted by Crippen LogP contribution is -2.32. The van der Waals surface area contributed by atoms with Crippen molar-refractivity contribution in [2.75, 3.05) is 18.1 Å². The number of ether oxygens (including phenoxy) is 1. The second kappa shape index (κ2) is 7.43. The van der Waals surface area contributed by atoms with Gasteiger partial charge in [0.05, 0.1) is 10.0 Å². The molecule has 120 valence electrons. The first-order valence-corrected chi connectivity index (χ1v) is 8.33. The van der Waals surface area contributed by atoms with Gasteiger partial charge in [0.15, 0.2) is 6.40 Å². The number of hydrogen-bond acceptors (Lipinski definition) is 3. The maximum absolute atomic E-state index is 6.17. The Morgan fingerprint density at radius 1 is 1.04 bits per heavy atom. The van der Waals surface area contributed by atoms with Gasteiger partial charge in [-0.25, -0.2) is 4.99 Å². The molecule has 0 fully saturated rings. The van der Waals surface area contributed by atoms with Crippen molar-refractivity contribution in [1.82, 2.24) is 0 Å². The summed E-state index contributed by atoms with van der Waals surface area (Å²) in [5.41, 5.74) is 2.15. The molecule has 0 amide bonds. The lowest BCUT2D eigenvalue weighted by Gasteiger charge is -2.27. The Hall–Kier alpha value is -1.42. The van der Waals surface area contributed by atoms with Gasteiger partial charge >= 0.3 is 0 Å². The summed E-state index contributed by atoms with van der Waals surface area (Å²) >= 11 is 18.2. The molecule has 3 nitrogen and oxygen atoms in total. The van der Waals surface area contributed by atoms with E-state index in [2.05, 4.69) is 9.89 Å². The minimum absolute atomic E-state index is 0.108. The molecule has 0 N–H and O–H groups in total. The van der Waals surface area contributed by atoms with Crippen LogP contribution in [-0.4, -0.2) is 25.6 Å². The van der Waals surface area contributed by atoms with Gasteiger partial charge in [-0.3, -0.25) is 0 Å². The fraction of sp³-hybridized carbons (Fsp3) is 0.235. The van der Waals surface area contributed by atoms with Crippen molar-refractivity contribution in [2.24, 2.45) is 4.99 Å². The van der Waals surface area contributed by atoms with Gasteiger partial charge in [-0.15, -0.1) is 0 Å². The smallest absolute Gasteiger partial charge is 0.169 e. The SMILES string of the molecule is Clc1ccc(CN(C[C@@H]2COC=N2)c2ccc(Cl)c(Cl)c2)cc1. The minimum atomic E-state index is 0.108. The normalized spacial score (nSPS) is 16.4. The Labute approximate surface area is 150 Å². The Morgan fingerprint density at radius 3 is 2.48 bits per heavy atom. The molecule has 6 heteroatoms. The predicted octanol–water partition coefficient (Wildman–Crippen LogP) is 5.08. The lowest BCUT2D eigenvalue weighted by molar-refractivity contribution is 0.327. The molecular formula is C17H15Cl3N2O. The third kappa shape index (κ3) is 4.31. The molecule has 2 aromatic rings. The number of rotatable bonds is 5. The Morgan fingerprint density at radius 2 is 1.83 bits per heavy atom. The Balaban J connectivity index is 1.84. The number of hydrogen-bond donors (Lipinski definition) is 0. The van der Waals surface area contributed by atoms with E-state index in [-0.39, 0.29) is 6.04 Å². The van der Waals surface area contributed by atoms with Crippen LogP contribution in [0.2, 0.25) is 15.1 Å². The largest absolute Gasteiger partial charge is 0.481 e. The van der Waals surface area contributed by atoms with Crippen LogP contribution in [0, 0.1) is 0 Å². The van der Waals surface area contributed by atoms with Gasteiger partial charge < -0.3 is 9.64 Å². The number of aliphatic imine (C=N–C) groups is 1. The Kier molecular flexibility index (Phi) is 5.31. The maximum atomic E-state index is 6.17. The van der Waals surface area contributed by atoms with Crippen molar-refractivity contribution in [1.29, 1.82) is 0 Å². The molecule has 0 aliphatic carbocycles. The lowest BCUT2D eigenvalue weighted by atomic mass is 10.1. The molecule has 23 heavy (non-hydrogen) atoms. The van der Waals surface area contributed by atoms with E-state index in [0.717, 1.165) is 29.4 Å². The highest BCUT2D eigenvalue weighted by Gasteiger charge is 2.18. The second-order valence-electron chi connectivity index (χ2n) is 5.35. The van der Waals surface area contributed by atoms with Crippen molar-refractivity contribution in [2.45, 2.75) is 12.6 Å². The number of anilines is 1. The molecular weight excluding hydrogens is 355 g/mol. The van der Waals surface area contributed by atoms with Crippen molar-refractivity contribution in [3.8, 4) is 0 Å². The monoisotopic (exact) mass is 368 g/mol. The van der Waals surface area contributed by atoms with Crippen LogP contribution in [0.3, 0.4) is 0 Å². The van der Waals surface area contributed by atoms with E-state index < -0.39 is 0 Å². The van der Waals surface area contributed by atoms with Crippen LogP contribution >= 0.6 is 34.8 Å². The van der Waals surface area contributed by atoms with Crippen LogP contribution in [0.4, 0.5) is 5.69 Å². The number of nitrogens with zero attached hydrogens (tertiary/aromatic N) is 2. The summed E-state index contributed by atoms with van der Waals surface area (Å²) in [6.45, 7) is 2.05. The summed E-state index contributed by atoms with van der Waals surface area (Å²) in [5, 5.41) is 1.81. The average Bonchev–Trinajstić information content (AvgIpc) is 3.05.